The second kappa shape index (κ2) is 5.66. The van der Waals surface area contributed by atoms with Crippen molar-refractivity contribution in [1.29, 1.82) is 0 Å². The second-order valence-electron chi connectivity index (χ2n) is 5.39. The minimum Gasteiger partial charge on any atom is -0.480 e. The van der Waals surface area contributed by atoms with Gasteiger partial charge in [-0.1, -0.05) is 36.4 Å². The number of nitrogens with one attached hydrogen (secondary N) is 2. The van der Waals surface area contributed by atoms with E-state index in [4.69, 9.17) is 4.74 Å². The average Bonchev–Trinajstić information content (AvgIpc) is 2.61. The number of anilines is 2. The zero-order valence-electron chi connectivity index (χ0n) is 12.6. The lowest BCUT2D eigenvalue weighted by Gasteiger charge is -2.17. The van der Waals surface area contributed by atoms with Crippen molar-refractivity contribution in [3.05, 3.63) is 60.3 Å². The molecular formula is C18H13N3O3. The summed E-state index contributed by atoms with van der Waals surface area (Å²) < 4.78 is 5.31. The summed E-state index contributed by atoms with van der Waals surface area (Å²) in [7, 11) is 0. The van der Waals surface area contributed by atoms with Crippen molar-refractivity contribution in [1.82, 2.24) is 4.98 Å². The third-order valence-corrected chi connectivity index (χ3v) is 3.76. The topological polar surface area (TPSA) is 80.3 Å². The van der Waals surface area contributed by atoms with E-state index >= 15 is 0 Å². The molecule has 0 saturated carbocycles. The predicted molar refractivity (Wildman–Crippen MR) is 90.3 cm³/mol. The molecule has 2 N–H and O–H groups in total. The number of benzene rings is 2. The summed E-state index contributed by atoms with van der Waals surface area (Å²) in [5.74, 6) is 0.315. The van der Waals surface area contributed by atoms with Crippen molar-refractivity contribution in [2.75, 3.05) is 17.2 Å². The molecule has 6 heteroatoms. The molecule has 0 aliphatic carbocycles. The molecule has 0 spiro atoms. The molecule has 4 rings (SSSR count). The summed E-state index contributed by atoms with van der Waals surface area (Å²) in [6.45, 7) is -0.0601. The van der Waals surface area contributed by atoms with Crippen LogP contribution < -0.4 is 15.4 Å². The summed E-state index contributed by atoms with van der Waals surface area (Å²) in [6, 6.07) is 14.9. The van der Waals surface area contributed by atoms with E-state index in [0.717, 1.165) is 10.8 Å². The van der Waals surface area contributed by atoms with Crippen LogP contribution in [0, 0.1) is 0 Å². The third-order valence-electron chi connectivity index (χ3n) is 3.76. The van der Waals surface area contributed by atoms with Crippen LogP contribution in [-0.4, -0.2) is 23.4 Å². The Kier molecular flexibility index (Phi) is 3.35. The Hall–Kier alpha value is -3.41. The van der Waals surface area contributed by atoms with E-state index in [1.807, 2.05) is 36.4 Å². The van der Waals surface area contributed by atoms with Crippen LogP contribution in [-0.2, 0) is 4.79 Å². The Balaban J connectivity index is 1.63. The lowest BCUT2D eigenvalue weighted by Crippen LogP contribution is -2.26. The Morgan fingerprint density at radius 3 is 2.92 bits per heavy atom. The number of carbonyl (C=O) groups excluding carboxylic acids is 2. The van der Waals surface area contributed by atoms with Crippen molar-refractivity contribution in [3.8, 4) is 5.75 Å². The van der Waals surface area contributed by atoms with Crippen LogP contribution in [0.4, 0.5) is 11.5 Å². The number of fused-ring (bicyclic) bond motifs is 2. The first kappa shape index (κ1) is 14.2. The van der Waals surface area contributed by atoms with Crippen LogP contribution in [0.15, 0.2) is 54.7 Å². The maximum absolute atomic E-state index is 12.6. The van der Waals surface area contributed by atoms with E-state index in [0.29, 0.717) is 22.8 Å². The lowest BCUT2D eigenvalue weighted by atomic mass is 10.0. The molecule has 1 aliphatic heterocycles. The van der Waals surface area contributed by atoms with Crippen LogP contribution in [0.5, 0.6) is 5.75 Å². The van der Waals surface area contributed by atoms with Gasteiger partial charge < -0.3 is 15.4 Å². The monoisotopic (exact) mass is 319 g/mol. The molecule has 2 amide bonds. The van der Waals surface area contributed by atoms with E-state index in [-0.39, 0.29) is 18.4 Å². The smallest absolute Gasteiger partial charge is 0.263 e. The fraction of sp³-hybridized carbons (Fsp3) is 0.0556. The largest absolute Gasteiger partial charge is 0.480 e. The highest BCUT2D eigenvalue weighted by atomic mass is 16.5. The van der Waals surface area contributed by atoms with E-state index in [1.54, 1.807) is 12.1 Å². The van der Waals surface area contributed by atoms with Gasteiger partial charge in [0, 0.05) is 11.6 Å². The maximum atomic E-state index is 12.6. The van der Waals surface area contributed by atoms with Crippen molar-refractivity contribution in [2.45, 2.75) is 0 Å². The van der Waals surface area contributed by atoms with Gasteiger partial charge >= 0.3 is 0 Å². The summed E-state index contributed by atoms with van der Waals surface area (Å²) in [5.41, 5.74) is 1.09. The summed E-state index contributed by atoms with van der Waals surface area (Å²) in [5, 5.41) is 7.31. The Morgan fingerprint density at radius 2 is 2.00 bits per heavy atom. The number of nitrogens with zero attached hydrogens (tertiary/aromatic N) is 1. The van der Waals surface area contributed by atoms with Crippen LogP contribution in [0.3, 0.4) is 0 Å². The van der Waals surface area contributed by atoms with Gasteiger partial charge in [-0.15, -0.1) is 0 Å². The van der Waals surface area contributed by atoms with Gasteiger partial charge in [0.05, 0.1) is 11.9 Å². The summed E-state index contributed by atoms with van der Waals surface area (Å²) >= 11 is 0. The molecule has 0 unspecified atom stereocenters. The highest BCUT2D eigenvalue weighted by molar-refractivity contribution is 6.13. The Bertz CT molecular complexity index is 963. The SMILES string of the molecule is O=C1COc2cc(NC(=O)c3cccc4ccccc34)cnc2N1. The molecule has 0 atom stereocenters. The molecule has 6 nitrogen and oxygen atoms in total. The fourth-order valence-electron chi connectivity index (χ4n) is 2.65. The van der Waals surface area contributed by atoms with E-state index < -0.39 is 0 Å². The van der Waals surface area contributed by atoms with Gasteiger partial charge in [-0.3, -0.25) is 9.59 Å². The number of hydrogen-bond donors (Lipinski definition) is 2. The average molecular weight is 319 g/mol. The molecule has 1 aliphatic rings. The molecule has 0 bridgehead atoms. The zero-order chi connectivity index (χ0) is 16.5. The van der Waals surface area contributed by atoms with Crippen LogP contribution >= 0.6 is 0 Å². The normalized spacial score (nSPS) is 12.9. The quantitative estimate of drug-likeness (QED) is 0.761. The van der Waals surface area contributed by atoms with Crippen molar-refractivity contribution in [3.63, 3.8) is 0 Å². The van der Waals surface area contributed by atoms with Crippen LogP contribution in [0.25, 0.3) is 10.8 Å². The van der Waals surface area contributed by atoms with Crippen molar-refractivity contribution in [2.24, 2.45) is 0 Å². The van der Waals surface area contributed by atoms with E-state index in [2.05, 4.69) is 15.6 Å². The highest BCUT2D eigenvalue weighted by Gasteiger charge is 2.18. The number of aromatic nitrogens is 1. The number of ether oxygens (including phenoxy) is 1. The Labute approximate surface area is 137 Å². The first-order chi connectivity index (χ1) is 11.7. The molecule has 2 heterocycles. The number of hydrogen-bond acceptors (Lipinski definition) is 4. The van der Waals surface area contributed by atoms with Gasteiger partial charge in [-0.2, -0.15) is 0 Å². The Morgan fingerprint density at radius 1 is 1.17 bits per heavy atom. The number of carbonyl (C=O) groups is 2. The van der Waals surface area contributed by atoms with Gasteiger partial charge in [0.2, 0.25) is 0 Å². The van der Waals surface area contributed by atoms with Gasteiger partial charge in [0.25, 0.3) is 11.8 Å². The standard InChI is InChI=1S/C18H13N3O3/c22-16-10-24-15-8-12(9-19-17(15)21-16)20-18(23)14-7-3-5-11-4-1-2-6-13(11)14/h1-9H,10H2,(H,20,23)(H,19,21,22). The molecule has 24 heavy (non-hydrogen) atoms. The minimum atomic E-state index is -0.248. The molecule has 0 saturated heterocycles. The van der Waals surface area contributed by atoms with Gasteiger partial charge in [-0.25, -0.2) is 4.98 Å². The van der Waals surface area contributed by atoms with Gasteiger partial charge in [-0.05, 0) is 16.8 Å². The first-order valence-corrected chi connectivity index (χ1v) is 7.42. The molecule has 1 aromatic heterocycles. The van der Waals surface area contributed by atoms with Crippen molar-refractivity contribution >= 4 is 34.1 Å². The zero-order valence-corrected chi connectivity index (χ0v) is 12.6. The van der Waals surface area contributed by atoms with Crippen molar-refractivity contribution < 1.29 is 14.3 Å². The molecular weight excluding hydrogens is 306 g/mol. The van der Waals surface area contributed by atoms with E-state index in [9.17, 15) is 9.59 Å². The highest BCUT2D eigenvalue weighted by Crippen LogP contribution is 2.28. The van der Waals surface area contributed by atoms with Crippen LogP contribution in [0.1, 0.15) is 10.4 Å². The fourth-order valence-corrected chi connectivity index (χ4v) is 2.65. The van der Waals surface area contributed by atoms with E-state index in [1.165, 1.54) is 6.20 Å². The van der Waals surface area contributed by atoms with Gasteiger partial charge in [0.1, 0.15) is 0 Å². The third kappa shape index (κ3) is 2.54. The first-order valence-electron chi connectivity index (χ1n) is 7.42. The second-order valence-corrected chi connectivity index (χ2v) is 5.39. The number of pyridine rings is 1. The maximum Gasteiger partial charge on any atom is 0.263 e. The summed E-state index contributed by atoms with van der Waals surface area (Å²) in [4.78, 5) is 28.0. The van der Waals surface area contributed by atoms with Gasteiger partial charge in [0.15, 0.2) is 18.2 Å². The molecule has 0 fully saturated rings. The molecule has 118 valence electrons. The summed E-state index contributed by atoms with van der Waals surface area (Å²) in [6.07, 6.45) is 1.48. The molecule has 0 radical (unpaired) electrons. The molecule has 3 aromatic rings. The number of rotatable bonds is 2. The molecule has 2 aromatic carbocycles. The van der Waals surface area contributed by atoms with Crippen LogP contribution in [0.2, 0.25) is 0 Å². The predicted octanol–water partition coefficient (Wildman–Crippen LogP) is 2.82. The number of amides is 2. The minimum absolute atomic E-state index is 0.0601. The lowest BCUT2D eigenvalue weighted by molar-refractivity contribution is -0.118.